The summed E-state index contributed by atoms with van der Waals surface area (Å²) in [7, 11) is 0. The molecule has 3 nitrogen and oxygen atoms in total. The molecule has 1 aliphatic carbocycles. The summed E-state index contributed by atoms with van der Waals surface area (Å²) in [5.74, 6) is -5.65. The molecule has 0 atom stereocenters. The van der Waals surface area contributed by atoms with Crippen molar-refractivity contribution >= 4 is 11.6 Å². The Labute approximate surface area is 118 Å². The van der Waals surface area contributed by atoms with E-state index in [0.717, 1.165) is 25.7 Å². The monoisotopic (exact) mass is 299 g/mol. The van der Waals surface area contributed by atoms with E-state index >= 15 is 0 Å². The number of nitrogens with zero attached hydrogens (tertiary/aromatic N) is 2. The van der Waals surface area contributed by atoms with Crippen LogP contribution in [0.3, 0.4) is 0 Å². The van der Waals surface area contributed by atoms with Gasteiger partial charge in [0.15, 0.2) is 23.3 Å². The smallest absolute Gasteiger partial charge is 0.207 e. The Balaban J connectivity index is 1.96. The zero-order valence-corrected chi connectivity index (χ0v) is 11.0. The predicted octanol–water partition coefficient (Wildman–Crippen LogP) is 4.30. The molecule has 1 aromatic heterocycles. The third-order valence-electron chi connectivity index (χ3n) is 3.74. The van der Waals surface area contributed by atoms with E-state index in [1.54, 1.807) is 10.8 Å². The third kappa shape index (κ3) is 2.48. The van der Waals surface area contributed by atoms with Crippen LogP contribution in [0.4, 0.5) is 29.2 Å². The van der Waals surface area contributed by atoms with E-state index in [1.807, 2.05) is 0 Å². The van der Waals surface area contributed by atoms with E-state index < -0.39 is 29.0 Å². The number of imidazole rings is 1. The molecule has 1 N–H and O–H groups in total. The Morgan fingerprint density at radius 1 is 1.05 bits per heavy atom. The predicted molar refractivity (Wildman–Crippen MR) is 69.3 cm³/mol. The molecule has 0 radical (unpaired) electrons. The van der Waals surface area contributed by atoms with Crippen LogP contribution in [0.25, 0.3) is 0 Å². The van der Waals surface area contributed by atoms with Crippen LogP contribution in [0.1, 0.15) is 31.7 Å². The molecular formula is C14H13F4N3. The van der Waals surface area contributed by atoms with Crippen molar-refractivity contribution in [3.63, 3.8) is 0 Å². The molecule has 1 fully saturated rings. The zero-order valence-electron chi connectivity index (χ0n) is 11.0. The summed E-state index contributed by atoms with van der Waals surface area (Å²) in [6.07, 6.45) is 7.18. The maximum atomic E-state index is 13.7. The van der Waals surface area contributed by atoms with Crippen molar-refractivity contribution in [1.82, 2.24) is 9.55 Å². The molecule has 1 aliphatic rings. The van der Waals surface area contributed by atoms with Crippen LogP contribution >= 0.6 is 0 Å². The van der Waals surface area contributed by atoms with Gasteiger partial charge in [0, 0.05) is 24.5 Å². The summed E-state index contributed by atoms with van der Waals surface area (Å²) in [6, 6.07) is 0.360. The minimum atomic E-state index is -1.46. The fraction of sp³-hybridized carbons (Fsp3) is 0.357. The van der Waals surface area contributed by atoms with Gasteiger partial charge in [-0.05, 0) is 12.8 Å². The van der Waals surface area contributed by atoms with Gasteiger partial charge in [-0.1, -0.05) is 12.8 Å². The summed E-state index contributed by atoms with van der Waals surface area (Å²) in [6.45, 7) is 0. The van der Waals surface area contributed by atoms with Gasteiger partial charge in [0.25, 0.3) is 0 Å². The number of nitrogens with one attached hydrogen (secondary N) is 1. The Bertz CT molecular complexity index is 636. The number of aromatic nitrogens is 2. The van der Waals surface area contributed by atoms with Crippen LogP contribution in [0.15, 0.2) is 18.5 Å². The minimum absolute atomic E-state index is 0.171. The normalized spacial score (nSPS) is 15.6. The molecule has 0 unspecified atom stereocenters. The molecule has 7 heteroatoms. The van der Waals surface area contributed by atoms with E-state index in [-0.39, 0.29) is 18.1 Å². The van der Waals surface area contributed by atoms with Gasteiger partial charge in [-0.25, -0.2) is 22.5 Å². The molecule has 2 aromatic rings. The highest BCUT2D eigenvalue weighted by atomic mass is 19.2. The first-order chi connectivity index (χ1) is 10.1. The molecule has 0 spiro atoms. The van der Waals surface area contributed by atoms with Gasteiger partial charge in [0.2, 0.25) is 5.95 Å². The van der Waals surface area contributed by atoms with E-state index in [0.29, 0.717) is 0 Å². The van der Waals surface area contributed by atoms with Crippen LogP contribution in [0, 0.1) is 23.3 Å². The summed E-state index contributed by atoms with van der Waals surface area (Å²) < 4.78 is 55.5. The number of hydrogen-bond donors (Lipinski definition) is 1. The number of hydrogen-bond acceptors (Lipinski definition) is 2. The molecule has 3 rings (SSSR count). The molecule has 1 heterocycles. The van der Waals surface area contributed by atoms with Gasteiger partial charge in [0.05, 0.1) is 0 Å². The molecule has 0 aliphatic heterocycles. The van der Waals surface area contributed by atoms with Gasteiger partial charge < -0.3 is 9.88 Å². The van der Waals surface area contributed by atoms with Crippen molar-refractivity contribution in [3.05, 3.63) is 41.7 Å². The van der Waals surface area contributed by atoms with Crippen molar-refractivity contribution in [1.29, 1.82) is 0 Å². The molecule has 112 valence electrons. The largest absolute Gasteiger partial charge is 0.321 e. The lowest BCUT2D eigenvalue weighted by atomic mass is 10.2. The standard InChI is InChI=1S/C14H13F4N3/c15-9-7-10(16)12(18)13(11(9)17)20-14-19-5-6-21(14)8-3-1-2-4-8/h5-8H,1-4H2,(H,19,20). The first-order valence-electron chi connectivity index (χ1n) is 6.70. The van der Waals surface area contributed by atoms with E-state index in [1.165, 1.54) is 6.20 Å². The highest BCUT2D eigenvalue weighted by molar-refractivity contribution is 5.56. The second kappa shape index (κ2) is 5.38. The Kier molecular flexibility index (Phi) is 3.57. The molecule has 21 heavy (non-hydrogen) atoms. The molecule has 0 bridgehead atoms. The zero-order chi connectivity index (χ0) is 15.0. The fourth-order valence-corrected chi connectivity index (χ4v) is 2.68. The van der Waals surface area contributed by atoms with Gasteiger partial charge in [-0.3, -0.25) is 0 Å². The van der Waals surface area contributed by atoms with Crippen molar-refractivity contribution < 1.29 is 17.6 Å². The first kappa shape index (κ1) is 13.9. The highest BCUT2D eigenvalue weighted by Crippen LogP contribution is 2.33. The van der Waals surface area contributed by atoms with Crippen LogP contribution in [0.5, 0.6) is 0 Å². The maximum absolute atomic E-state index is 13.7. The highest BCUT2D eigenvalue weighted by Gasteiger charge is 2.23. The molecule has 1 aromatic carbocycles. The van der Waals surface area contributed by atoms with E-state index in [2.05, 4.69) is 10.3 Å². The van der Waals surface area contributed by atoms with E-state index in [4.69, 9.17) is 0 Å². The summed E-state index contributed by atoms with van der Waals surface area (Å²) in [5.41, 5.74) is -0.863. The summed E-state index contributed by atoms with van der Waals surface area (Å²) >= 11 is 0. The van der Waals surface area contributed by atoms with Gasteiger partial charge in [-0.15, -0.1) is 0 Å². The van der Waals surface area contributed by atoms with Gasteiger partial charge >= 0.3 is 0 Å². The lowest BCUT2D eigenvalue weighted by Gasteiger charge is -2.16. The topological polar surface area (TPSA) is 29.9 Å². The SMILES string of the molecule is Fc1cc(F)c(F)c(Nc2nccn2C2CCCC2)c1F. The van der Waals surface area contributed by atoms with Crippen LogP contribution in [-0.2, 0) is 0 Å². The number of anilines is 2. The quantitative estimate of drug-likeness (QED) is 0.676. The first-order valence-corrected chi connectivity index (χ1v) is 6.70. The van der Waals surface area contributed by atoms with Gasteiger partial charge in [-0.2, -0.15) is 0 Å². The van der Waals surface area contributed by atoms with Crippen LogP contribution in [-0.4, -0.2) is 9.55 Å². The fourth-order valence-electron chi connectivity index (χ4n) is 2.68. The molecule has 1 saturated carbocycles. The van der Waals surface area contributed by atoms with Gasteiger partial charge in [0.1, 0.15) is 5.69 Å². The number of halogens is 4. The minimum Gasteiger partial charge on any atom is -0.321 e. The second-order valence-electron chi connectivity index (χ2n) is 5.06. The molecule has 0 saturated heterocycles. The Morgan fingerprint density at radius 3 is 2.29 bits per heavy atom. The van der Waals surface area contributed by atoms with Crippen molar-refractivity contribution in [3.8, 4) is 0 Å². The number of rotatable bonds is 3. The maximum Gasteiger partial charge on any atom is 0.207 e. The lowest BCUT2D eigenvalue weighted by Crippen LogP contribution is -2.10. The Morgan fingerprint density at radius 2 is 1.67 bits per heavy atom. The third-order valence-corrected chi connectivity index (χ3v) is 3.74. The molecular weight excluding hydrogens is 286 g/mol. The van der Waals surface area contributed by atoms with Crippen LogP contribution < -0.4 is 5.32 Å². The van der Waals surface area contributed by atoms with Crippen molar-refractivity contribution in [2.45, 2.75) is 31.7 Å². The summed E-state index contributed by atoms with van der Waals surface area (Å²) in [5, 5.41) is 2.37. The average molecular weight is 299 g/mol. The molecule has 0 amide bonds. The van der Waals surface area contributed by atoms with Crippen LogP contribution in [0.2, 0.25) is 0 Å². The Hall–Kier alpha value is -2.05. The summed E-state index contributed by atoms with van der Waals surface area (Å²) in [4.78, 5) is 3.97. The lowest BCUT2D eigenvalue weighted by molar-refractivity contribution is 0.458. The second-order valence-corrected chi connectivity index (χ2v) is 5.06. The number of benzene rings is 1. The van der Waals surface area contributed by atoms with E-state index in [9.17, 15) is 17.6 Å². The van der Waals surface area contributed by atoms with Crippen molar-refractivity contribution in [2.24, 2.45) is 0 Å². The average Bonchev–Trinajstić information content (AvgIpc) is 3.11. The van der Waals surface area contributed by atoms with Crippen molar-refractivity contribution in [2.75, 3.05) is 5.32 Å².